The van der Waals surface area contributed by atoms with Crippen LogP contribution < -0.4 is 69.3 Å². The van der Waals surface area contributed by atoms with E-state index in [2.05, 4.69) is 0 Å². The van der Waals surface area contributed by atoms with Crippen molar-refractivity contribution in [1.29, 1.82) is 0 Å². The van der Waals surface area contributed by atoms with Crippen LogP contribution in [0, 0.1) is 5.92 Å². The van der Waals surface area contributed by atoms with Crippen molar-refractivity contribution in [2.75, 3.05) is 0 Å². The largest absolute Gasteiger partial charge is 1.00 e. The average molecular weight is 475 g/mol. The molecule has 2 atom stereocenters. The first kappa shape index (κ1) is 30.6. The molecular formula is C28H28Na2O4. The molecule has 3 rings (SSSR count). The van der Waals surface area contributed by atoms with Crippen LogP contribution in [0.1, 0.15) is 73.5 Å². The molecule has 0 amide bonds. The van der Waals surface area contributed by atoms with Crippen LogP contribution in [0.25, 0.3) is 5.57 Å². The number of hydrogen-bond acceptors (Lipinski definition) is 4. The zero-order valence-electron chi connectivity index (χ0n) is 21.0. The molecule has 2 aromatic rings. The summed E-state index contributed by atoms with van der Waals surface area (Å²) in [4.78, 5) is 24.4. The van der Waals surface area contributed by atoms with E-state index < -0.39 is 5.97 Å². The summed E-state index contributed by atoms with van der Waals surface area (Å²) in [6.45, 7) is 8.06. The molecule has 4 nitrogen and oxygen atoms in total. The number of rotatable bonds is 7. The monoisotopic (exact) mass is 474 g/mol. The summed E-state index contributed by atoms with van der Waals surface area (Å²) in [5.41, 5.74) is 4.08. The Kier molecular flexibility index (Phi) is 12.3. The molecule has 0 spiro atoms. The van der Waals surface area contributed by atoms with Crippen molar-refractivity contribution in [3.63, 3.8) is 0 Å². The van der Waals surface area contributed by atoms with Gasteiger partial charge in [0.05, 0.1) is 5.97 Å². The van der Waals surface area contributed by atoms with E-state index in [0.29, 0.717) is 22.3 Å². The number of ketones is 1. The molecular weight excluding hydrogens is 446 g/mol. The molecule has 0 bridgehead atoms. The number of carbonyl (C=O) groups excluding carboxylic acids is 2. The Labute approximate surface area is 246 Å². The quantitative estimate of drug-likeness (QED) is 0.461. The van der Waals surface area contributed by atoms with Crippen molar-refractivity contribution < 1.29 is 78.9 Å². The molecule has 0 N–H and O–H groups in total. The molecule has 166 valence electrons. The second-order valence-corrected chi connectivity index (χ2v) is 8.33. The van der Waals surface area contributed by atoms with E-state index >= 15 is 0 Å². The minimum absolute atomic E-state index is 0. The summed E-state index contributed by atoms with van der Waals surface area (Å²) >= 11 is 0. The van der Waals surface area contributed by atoms with E-state index in [1.54, 1.807) is 30.3 Å². The molecule has 0 radical (unpaired) electrons. The van der Waals surface area contributed by atoms with Crippen LogP contribution in [0.5, 0.6) is 5.75 Å². The fourth-order valence-electron chi connectivity index (χ4n) is 3.97. The molecule has 1 aliphatic carbocycles. The third kappa shape index (κ3) is 6.63. The van der Waals surface area contributed by atoms with E-state index in [1.165, 1.54) is 18.2 Å². The maximum absolute atomic E-state index is 12.5. The molecule has 1 aliphatic rings. The van der Waals surface area contributed by atoms with Gasteiger partial charge in [0.1, 0.15) is 0 Å². The van der Waals surface area contributed by atoms with Crippen LogP contribution in [0.4, 0.5) is 0 Å². The van der Waals surface area contributed by atoms with Gasteiger partial charge in [-0.05, 0) is 59.1 Å². The van der Waals surface area contributed by atoms with Crippen LogP contribution in [0.2, 0.25) is 0 Å². The Morgan fingerprint density at radius 2 is 1.53 bits per heavy atom. The summed E-state index contributed by atoms with van der Waals surface area (Å²) in [7, 11) is 0. The van der Waals surface area contributed by atoms with Gasteiger partial charge < -0.3 is 15.0 Å². The predicted octanol–water partition coefficient (Wildman–Crippen LogP) is -1.44. The molecule has 0 fully saturated rings. The Morgan fingerprint density at radius 3 is 2.12 bits per heavy atom. The Morgan fingerprint density at radius 1 is 0.912 bits per heavy atom. The molecule has 2 aromatic carbocycles. The number of carboxylic acids is 1. The van der Waals surface area contributed by atoms with E-state index in [9.17, 15) is 19.8 Å². The summed E-state index contributed by atoms with van der Waals surface area (Å²) in [6, 6.07) is 11.8. The SMILES string of the molecule is CCC(C)C1=C/C(=C(/c2ccc([O-])c(C(C)CC)c2)c2ccccc2C(=O)[O-])C=CC1=O.[Na+].[Na+]. The maximum atomic E-state index is 12.5. The van der Waals surface area contributed by atoms with Gasteiger partial charge in [0.15, 0.2) is 5.78 Å². The fraction of sp³-hybridized carbons (Fsp3) is 0.286. The second-order valence-electron chi connectivity index (χ2n) is 8.33. The zero-order valence-corrected chi connectivity index (χ0v) is 25.0. The first-order valence-corrected chi connectivity index (χ1v) is 11.1. The maximum Gasteiger partial charge on any atom is 1.00 e. The van der Waals surface area contributed by atoms with Crippen LogP contribution in [-0.2, 0) is 4.79 Å². The van der Waals surface area contributed by atoms with Crippen molar-refractivity contribution in [2.45, 2.75) is 46.5 Å². The van der Waals surface area contributed by atoms with Gasteiger partial charge >= 0.3 is 59.1 Å². The number of carboxylic acid groups (broad SMARTS) is 1. The van der Waals surface area contributed by atoms with Crippen molar-refractivity contribution >= 4 is 17.3 Å². The fourth-order valence-corrected chi connectivity index (χ4v) is 3.97. The second kappa shape index (κ2) is 13.6. The number of benzene rings is 2. The minimum atomic E-state index is -1.27. The average Bonchev–Trinajstić information content (AvgIpc) is 2.80. The summed E-state index contributed by atoms with van der Waals surface area (Å²) in [6.07, 6.45) is 6.74. The smallest absolute Gasteiger partial charge is 0.872 e. The third-order valence-electron chi connectivity index (χ3n) is 6.30. The van der Waals surface area contributed by atoms with Crippen molar-refractivity contribution in [3.8, 4) is 5.75 Å². The van der Waals surface area contributed by atoms with E-state index in [4.69, 9.17) is 0 Å². The molecule has 34 heavy (non-hydrogen) atoms. The van der Waals surface area contributed by atoms with Crippen molar-refractivity contribution in [2.24, 2.45) is 5.92 Å². The number of allylic oxidation sites excluding steroid dienone is 5. The standard InChI is InChI=1S/C28H30O4.2Na/c1-5-17(3)23-15-19(11-13-25(23)29)27(21-9-7-8-10-22(21)28(31)32)20-12-14-26(30)24(16-20)18(4)6-2;;/h7-18,29H,5-6H2,1-4H3,(H,31,32);;/q;2*+1/p-2/b27-20-;;. The first-order valence-electron chi connectivity index (χ1n) is 11.1. The Bertz CT molecular complexity index is 1140. The third-order valence-corrected chi connectivity index (χ3v) is 6.30. The summed E-state index contributed by atoms with van der Waals surface area (Å²) < 4.78 is 0. The molecule has 0 saturated carbocycles. The van der Waals surface area contributed by atoms with Gasteiger partial charge in [-0.1, -0.05) is 81.8 Å². The number of hydrogen-bond donors (Lipinski definition) is 0. The van der Waals surface area contributed by atoms with Gasteiger partial charge in [-0.15, -0.1) is 5.75 Å². The van der Waals surface area contributed by atoms with Crippen molar-refractivity contribution in [3.05, 3.63) is 94.1 Å². The van der Waals surface area contributed by atoms with Crippen LogP contribution in [-0.4, -0.2) is 11.8 Å². The molecule has 6 heteroatoms. The summed E-state index contributed by atoms with van der Waals surface area (Å²) in [5.74, 6) is -1.21. The number of carbonyl (C=O) groups is 2. The van der Waals surface area contributed by atoms with E-state index in [0.717, 1.165) is 24.0 Å². The predicted molar refractivity (Wildman–Crippen MR) is 123 cm³/mol. The molecule has 2 unspecified atom stereocenters. The van der Waals surface area contributed by atoms with E-state index in [1.807, 2.05) is 39.8 Å². The van der Waals surface area contributed by atoms with Gasteiger partial charge in [-0.2, -0.15) is 0 Å². The molecule has 0 heterocycles. The van der Waals surface area contributed by atoms with Gasteiger partial charge in [0.25, 0.3) is 0 Å². The van der Waals surface area contributed by atoms with E-state index in [-0.39, 0.29) is 88.0 Å². The van der Waals surface area contributed by atoms with Gasteiger partial charge in [-0.25, -0.2) is 0 Å². The number of aromatic carboxylic acids is 1. The van der Waals surface area contributed by atoms with Crippen LogP contribution >= 0.6 is 0 Å². The molecule has 0 aromatic heterocycles. The van der Waals surface area contributed by atoms with Gasteiger partial charge in [0, 0.05) is 11.1 Å². The summed E-state index contributed by atoms with van der Waals surface area (Å²) in [5, 5.41) is 24.4. The molecule has 0 saturated heterocycles. The van der Waals surface area contributed by atoms with Gasteiger partial charge in [0.2, 0.25) is 0 Å². The topological polar surface area (TPSA) is 80.3 Å². The zero-order chi connectivity index (χ0) is 23.4. The van der Waals surface area contributed by atoms with Gasteiger partial charge in [-0.3, -0.25) is 4.79 Å². The Hall–Kier alpha value is -1.40. The molecule has 0 aliphatic heterocycles. The van der Waals surface area contributed by atoms with Crippen molar-refractivity contribution in [1.82, 2.24) is 0 Å². The van der Waals surface area contributed by atoms with Crippen LogP contribution in [0.15, 0.2) is 71.8 Å². The van der Waals surface area contributed by atoms with Crippen LogP contribution in [0.3, 0.4) is 0 Å². The minimum Gasteiger partial charge on any atom is -0.872 e. The normalized spacial score (nSPS) is 16.0. The Balaban J connectivity index is 0.00000289. The first-order chi connectivity index (χ1) is 15.3.